The highest BCUT2D eigenvalue weighted by atomic mass is 35.5. The molecule has 0 fully saturated rings. The van der Waals surface area contributed by atoms with E-state index in [9.17, 15) is 14.0 Å². The number of hydrogen-bond donors (Lipinski definition) is 1. The monoisotopic (exact) mass is 345 g/mol. The van der Waals surface area contributed by atoms with Crippen molar-refractivity contribution in [2.24, 2.45) is 7.05 Å². The van der Waals surface area contributed by atoms with E-state index in [1.165, 1.54) is 16.7 Å². The summed E-state index contributed by atoms with van der Waals surface area (Å²) >= 11 is 5.87. The van der Waals surface area contributed by atoms with Crippen LogP contribution in [0, 0.1) is 5.82 Å². The number of aromatic nitrogens is 2. The van der Waals surface area contributed by atoms with E-state index in [4.69, 9.17) is 11.6 Å². The van der Waals surface area contributed by atoms with Gasteiger partial charge < -0.3 is 5.32 Å². The SMILES string of the molecule is Cn1c(CNC(=O)c2c(F)cccc2Cl)nc2ccccc2c1=O. The Kier molecular flexibility index (Phi) is 4.31. The van der Waals surface area contributed by atoms with E-state index in [2.05, 4.69) is 10.3 Å². The van der Waals surface area contributed by atoms with Crippen LogP contribution in [0.2, 0.25) is 5.02 Å². The second-order valence-electron chi connectivity index (χ2n) is 5.19. The van der Waals surface area contributed by atoms with E-state index >= 15 is 0 Å². The van der Waals surface area contributed by atoms with E-state index in [-0.39, 0.29) is 22.7 Å². The summed E-state index contributed by atoms with van der Waals surface area (Å²) in [6.07, 6.45) is 0. The van der Waals surface area contributed by atoms with Gasteiger partial charge in [-0.25, -0.2) is 9.37 Å². The summed E-state index contributed by atoms with van der Waals surface area (Å²) in [6.45, 7) is -0.0277. The Labute approximate surface area is 141 Å². The molecular weight excluding hydrogens is 333 g/mol. The molecule has 0 unspecified atom stereocenters. The minimum atomic E-state index is -0.708. The third-order valence-electron chi connectivity index (χ3n) is 3.67. The Hall–Kier alpha value is -2.73. The summed E-state index contributed by atoms with van der Waals surface area (Å²) in [5.74, 6) is -1.01. The maximum absolute atomic E-state index is 13.8. The average molecular weight is 346 g/mol. The van der Waals surface area contributed by atoms with Gasteiger partial charge in [-0.2, -0.15) is 0 Å². The smallest absolute Gasteiger partial charge is 0.261 e. The molecule has 0 spiro atoms. The molecule has 2 aromatic carbocycles. The lowest BCUT2D eigenvalue weighted by Crippen LogP contribution is -2.30. The van der Waals surface area contributed by atoms with Gasteiger partial charge in [0.05, 0.1) is 28.0 Å². The topological polar surface area (TPSA) is 64.0 Å². The molecule has 0 aliphatic heterocycles. The Morgan fingerprint density at radius 2 is 2.00 bits per heavy atom. The molecular formula is C17H13ClFN3O2. The summed E-state index contributed by atoms with van der Waals surface area (Å²) in [5.41, 5.74) is 0.0903. The predicted octanol–water partition coefficient (Wildman–Crippen LogP) is 2.66. The number of benzene rings is 2. The molecule has 24 heavy (non-hydrogen) atoms. The molecule has 7 heteroatoms. The lowest BCUT2D eigenvalue weighted by molar-refractivity contribution is 0.0945. The van der Waals surface area contributed by atoms with E-state index < -0.39 is 11.7 Å². The molecule has 0 atom stereocenters. The predicted molar refractivity (Wildman–Crippen MR) is 89.6 cm³/mol. The molecule has 3 aromatic rings. The quantitative estimate of drug-likeness (QED) is 0.793. The number of fused-ring (bicyclic) bond motifs is 1. The fraction of sp³-hybridized carbons (Fsp3) is 0.118. The van der Waals surface area contributed by atoms with Crippen LogP contribution >= 0.6 is 11.6 Å². The Morgan fingerprint density at radius 3 is 2.75 bits per heavy atom. The number of hydrogen-bond acceptors (Lipinski definition) is 3. The van der Waals surface area contributed by atoms with Crippen LogP contribution in [0.25, 0.3) is 10.9 Å². The first-order valence-corrected chi connectivity index (χ1v) is 7.53. The maximum atomic E-state index is 13.8. The Bertz CT molecular complexity index is 981. The van der Waals surface area contributed by atoms with Crippen molar-refractivity contribution in [2.75, 3.05) is 0 Å². The lowest BCUT2D eigenvalue weighted by atomic mass is 10.2. The second kappa shape index (κ2) is 6.41. The zero-order valence-electron chi connectivity index (χ0n) is 12.7. The largest absolute Gasteiger partial charge is 0.345 e. The van der Waals surface area contributed by atoms with Crippen molar-refractivity contribution in [2.45, 2.75) is 6.54 Å². The molecule has 0 saturated heterocycles. The van der Waals surface area contributed by atoms with E-state index in [1.807, 2.05) is 0 Å². The molecule has 0 bridgehead atoms. The summed E-state index contributed by atoms with van der Waals surface area (Å²) in [5, 5.41) is 3.06. The molecule has 5 nitrogen and oxygen atoms in total. The van der Waals surface area contributed by atoms with Crippen molar-refractivity contribution in [1.29, 1.82) is 0 Å². The standard InChI is InChI=1S/C17H13ClFN3O2/c1-22-14(21-13-8-3-2-5-10(13)17(22)24)9-20-16(23)15-11(18)6-4-7-12(15)19/h2-8H,9H2,1H3,(H,20,23). The normalized spacial score (nSPS) is 10.8. The molecule has 3 rings (SSSR count). The van der Waals surface area contributed by atoms with E-state index in [1.54, 1.807) is 31.3 Å². The van der Waals surface area contributed by atoms with Crippen LogP contribution in [0.15, 0.2) is 47.3 Å². The van der Waals surface area contributed by atoms with Crippen LogP contribution in [0.4, 0.5) is 4.39 Å². The van der Waals surface area contributed by atoms with Gasteiger partial charge in [-0.05, 0) is 24.3 Å². The van der Waals surface area contributed by atoms with Crippen LogP contribution in [0.5, 0.6) is 0 Å². The van der Waals surface area contributed by atoms with Crippen LogP contribution < -0.4 is 10.9 Å². The number of nitrogens with zero attached hydrogens (tertiary/aromatic N) is 2. The van der Waals surface area contributed by atoms with Gasteiger partial charge in [0, 0.05) is 7.05 Å². The Morgan fingerprint density at radius 1 is 1.25 bits per heavy atom. The first kappa shape index (κ1) is 16.1. The fourth-order valence-corrected chi connectivity index (χ4v) is 2.63. The molecule has 1 heterocycles. The van der Waals surface area contributed by atoms with Crippen molar-refractivity contribution in [3.8, 4) is 0 Å². The number of amides is 1. The van der Waals surface area contributed by atoms with Crippen LogP contribution in [-0.4, -0.2) is 15.5 Å². The number of para-hydroxylation sites is 1. The number of halogens is 2. The maximum Gasteiger partial charge on any atom is 0.261 e. The molecule has 1 aromatic heterocycles. The first-order valence-electron chi connectivity index (χ1n) is 7.16. The molecule has 0 saturated carbocycles. The molecule has 0 radical (unpaired) electrons. The minimum Gasteiger partial charge on any atom is -0.345 e. The van der Waals surface area contributed by atoms with Gasteiger partial charge in [0.25, 0.3) is 11.5 Å². The van der Waals surface area contributed by atoms with Crippen LogP contribution in [0.3, 0.4) is 0 Å². The summed E-state index contributed by atoms with van der Waals surface area (Å²) in [6, 6.07) is 10.9. The van der Waals surface area contributed by atoms with Crippen molar-refractivity contribution >= 4 is 28.4 Å². The molecule has 0 aliphatic carbocycles. The zero-order valence-corrected chi connectivity index (χ0v) is 13.5. The fourth-order valence-electron chi connectivity index (χ4n) is 2.38. The van der Waals surface area contributed by atoms with Gasteiger partial charge in [0.15, 0.2) is 0 Å². The highest BCUT2D eigenvalue weighted by Crippen LogP contribution is 2.18. The first-order chi connectivity index (χ1) is 11.5. The van der Waals surface area contributed by atoms with Gasteiger partial charge in [-0.1, -0.05) is 29.8 Å². The van der Waals surface area contributed by atoms with E-state index in [0.29, 0.717) is 16.7 Å². The molecule has 1 amide bonds. The summed E-state index contributed by atoms with van der Waals surface area (Å²) in [7, 11) is 1.57. The van der Waals surface area contributed by atoms with Gasteiger partial charge in [0.2, 0.25) is 0 Å². The number of carbonyl (C=O) groups excluding carboxylic acids is 1. The highest BCUT2D eigenvalue weighted by molar-refractivity contribution is 6.33. The van der Waals surface area contributed by atoms with Gasteiger partial charge in [0.1, 0.15) is 11.6 Å². The van der Waals surface area contributed by atoms with Gasteiger partial charge in [-0.3, -0.25) is 14.2 Å². The van der Waals surface area contributed by atoms with Crippen LogP contribution in [0.1, 0.15) is 16.2 Å². The zero-order chi connectivity index (χ0) is 17.3. The van der Waals surface area contributed by atoms with Crippen LogP contribution in [-0.2, 0) is 13.6 Å². The van der Waals surface area contributed by atoms with Crippen molar-refractivity contribution in [3.63, 3.8) is 0 Å². The molecule has 122 valence electrons. The summed E-state index contributed by atoms with van der Waals surface area (Å²) < 4.78 is 15.1. The minimum absolute atomic E-state index is 0.0212. The average Bonchev–Trinajstić information content (AvgIpc) is 2.56. The number of nitrogens with one attached hydrogen (secondary N) is 1. The third-order valence-corrected chi connectivity index (χ3v) is 3.99. The van der Waals surface area contributed by atoms with Gasteiger partial charge >= 0.3 is 0 Å². The highest BCUT2D eigenvalue weighted by Gasteiger charge is 2.16. The number of rotatable bonds is 3. The summed E-state index contributed by atoms with van der Waals surface area (Å²) in [4.78, 5) is 28.8. The van der Waals surface area contributed by atoms with E-state index in [0.717, 1.165) is 6.07 Å². The van der Waals surface area contributed by atoms with Crippen molar-refractivity contribution < 1.29 is 9.18 Å². The molecule has 1 N–H and O–H groups in total. The second-order valence-corrected chi connectivity index (χ2v) is 5.60. The van der Waals surface area contributed by atoms with Crippen molar-refractivity contribution in [1.82, 2.24) is 14.9 Å². The molecule has 0 aliphatic rings. The van der Waals surface area contributed by atoms with Gasteiger partial charge in [-0.15, -0.1) is 0 Å². The van der Waals surface area contributed by atoms with Crippen molar-refractivity contribution in [3.05, 3.63) is 75.0 Å². The third kappa shape index (κ3) is 2.88. The lowest BCUT2D eigenvalue weighted by Gasteiger charge is -2.11. The Balaban J connectivity index is 1.90. The number of carbonyl (C=O) groups is 1.